The second-order valence-corrected chi connectivity index (χ2v) is 8.51. The molecular formula is C24H19ClN2O2S. The van der Waals surface area contributed by atoms with Crippen LogP contribution in [0.15, 0.2) is 88.3 Å². The van der Waals surface area contributed by atoms with E-state index in [0.717, 1.165) is 21.7 Å². The summed E-state index contributed by atoms with van der Waals surface area (Å²) >= 11 is 7.35. The summed E-state index contributed by atoms with van der Waals surface area (Å²) < 4.78 is 0. The third kappa shape index (κ3) is 3.99. The highest BCUT2D eigenvalue weighted by Crippen LogP contribution is 2.39. The molecule has 2 amide bonds. The fourth-order valence-electron chi connectivity index (χ4n) is 3.28. The van der Waals surface area contributed by atoms with E-state index in [0.29, 0.717) is 15.6 Å². The summed E-state index contributed by atoms with van der Waals surface area (Å²) in [5.41, 5.74) is 3.37. The van der Waals surface area contributed by atoms with Crippen LogP contribution in [0.5, 0.6) is 0 Å². The summed E-state index contributed by atoms with van der Waals surface area (Å²) in [6.07, 6.45) is 0. The van der Waals surface area contributed by atoms with Gasteiger partial charge in [0, 0.05) is 15.6 Å². The van der Waals surface area contributed by atoms with Crippen molar-refractivity contribution >= 4 is 46.6 Å². The number of nitrogens with one attached hydrogen (secondary N) is 1. The number of halogens is 1. The van der Waals surface area contributed by atoms with Gasteiger partial charge in [0.15, 0.2) is 0 Å². The first-order chi connectivity index (χ1) is 14.4. The Bertz CT molecular complexity index is 1170. The summed E-state index contributed by atoms with van der Waals surface area (Å²) in [6.45, 7) is 3.81. The van der Waals surface area contributed by atoms with Crippen LogP contribution in [-0.2, 0) is 9.59 Å². The van der Waals surface area contributed by atoms with Crippen molar-refractivity contribution in [1.82, 2.24) is 0 Å². The zero-order chi connectivity index (χ0) is 21.3. The molecule has 0 saturated heterocycles. The molecule has 0 bridgehead atoms. The normalized spacial score (nSPS) is 13.9. The van der Waals surface area contributed by atoms with Gasteiger partial charge in [0.05, 0.1) is 5.69 Å². The number of aryl methyl sites for hydroxylation is 2. The van der Waals surface area contributed by atoms with Gasteiger partial charge in [-0.1, -0.05) is 53.7 Å². The molecule has 0 fully saturated rings. The number of benzene rings is 3. The molecule has 1 heterocycles. The number of hydrogen-bond donors (Lipinski definition) is 1. The van der Waals surface area contributed by atoms with Gasteiger partial charge in [0.2, 0.25) is 0 Å². The molecule has 0 atom stereocenters. The van der Waals surface area contributed by atoms with Crippen molar-refractivity contribution in [3.05, 3.63) is 99.5 Å². The van der Waals surface area contributed by atoms with Gasteiger partial charge in [0.25, 0.3) is 11.8 Å². The zero-order valence-electron chi connectivity index (χ0n) is 16.5. The van der Waals surface area contributed by atoms with E-state index in [1.807, 2.05) is 68.4 Å². The van der Waals surface area contributed by atoms with E-state index in [1.54, 1.807) is 18.2 Å². The minimum atomic E-state index is -0.384. The topological polar surface area (TPSA) is 49.4 Å². The largest absolute Gasteiger partial charge is 0.350 e. The number of amides is 2. The van der Waals surface area contributed by atoms with Gasteiger partial charge in [-0.15, -0.1) is 0 Å². The van der Waals surface area contributed by atoms with Crippen LogP contribution in [0, 0.1) is 13.8 Å². The first-order valence-electron chi connectivity index (χ1n) is 9.40. The molecule has 30 heavy (non-hydrogen) atoms. The Morgan fingerprint density at radius 3 is 2.33 bits per heavy atom. The van der Waals surface area contributed by atoms with Gasteiger partial charge < -0.3 is 5.32 Å². The Morgan fingerprint density at radius 1 is 0.867 bits per heavy atom. The van der Waals surface area contributed by atoms with Gasteiger partial charge >= 0.3 is 0 Å². The Labute approximate surface area is 184 Å². The maximum absolute atomic E-state index is 13.4. The summed E-state index contributed by atoms with van der Waals surface area (Å²) in [5.74, 6) is -0.736. The molecule has 150 valence electrons. The number of anilines is 2. The molecule has 4 nitrogen and oxygen atoms in total. The molecule has 0 unspecified atom stereocenters. The molecule has 1 aliphatic rings. The fourth-order valence-corrected chi connectivity index (χ4v) is 4.45. The van der Waals surface area contributed by atoms with Crippen molar-refractivity contribution in [3.63, 3.8) is 0 Å². The Kier molecular flexibility index (Phi) is 5.66. The highest BCUT2D eigenvalue weighted by molar-refractivity contribution is 8.04. The highest BCUT2D eigenvalue weighted by atomic mass is 35.5. The van der Waals surface area contributed by atoms with E-state index in [-0.39, 0.29) is 17.5 Å². The molecule has 6 heteroatoms. The number of hydrogen-bond acceptors (Lipinski definition) is 4. The van der Waals surface area contributed by atoms with E-state index >= 15 is 0 Å². The second-order valence-electron chi connectivity index (χ2n) is 6.99. The van der Waals surface area contributed by atoms with Gasteiger partial charge in [-0.25, -0.2) is 4.90 Å². The van der Waals surface area contributed by atoms with Crippen LogP contribution in [0.2, 0.25) is 5.02 Å². The van der Waals surface area contributed by atoms with Crippen molar-refractivity contribution in [1.29, 1.82) is 0 Å². The first kappa shape index (κ1) is 20.3. The maximum atomic E-state index is 13.4. The minimum Gasteiger partial charge on any atom is -0.350 e. The second kappa shape index (κ2) is 8.38. The molecule has 3 aromatic carbocycles. The van der Waals surface area contributed by atoms with Crippen molar-refractivity contribution in [3.8, 4) is 0 Å². The summed E-state index contributed by atoms with van der Waals surface area (Å²) in [5, 5.41) is 3.74. The van der Waals surface area contributed by atoms with Crippen molar-refractivity contribution < 1.29 is 9.59 Å². The third-order valence-electron chi connectivity index (χ3n) is 4.69. The average molecular weight is 435 g/mol. The third-order valence-corrected chi connectivity index (χ3v) is 6.02. The van der Waals surface area contributed by atoms with Crippen LogP contribution in [-0.4, -0.2) is 11.8 Å². The minimum absolute atomic E-state index is 0.272. The summed E-state index contributed by atoms with van der Waals surface area (Å²) in [6, 6.07) is 22.4. The quantitative estimate of drug-likeness (QED) is 0.504. The van der Waals surface area contributed by atoms with Gasteiger partial charge in [0.1, 0.15) is 10.6 Å². The average Bonchev–Trinajstić information content (AvgIpc) is 2.93. The monoisotopic (exact) mass is 434 g/mol. The van der Waals surface area contributed by atoms with E-state index in [2.05, 4.69) is 5.32 Å². The smallest absolute Gasteiger partial charge is 0.283 e. The standard InChI is InChI=1S/C24H19ClN2O2S/c1-15-7-6-8-18(13-15)26-21-22(30-19-9-4-3-5-10-19)24(29)27(23(21)28)20-12-11-17(25)14-16(20)2/h3-14,26H,1-2H3. The van der Waals surface area contributed by atoms with Crippen LogP contribution < -0.4 is 10.2 Å². The number of thioether (sulfide) groups is 1. The molecular weight excluding hydrogens is 416 g/mol. The van der Waals surface area contributed by atoms with E-state index in [1.165, 1.54) is 16.7 Å². The lowest BCUT2D eigenvalue weighted by molar-refractivity contribution is -0.120. The molecule has 4 rings (SSSR count). The Hall–Kier alpha value is -3.02. The van der Waals surface area contributed by atoms with E-state index in [4.69, 9.17) is 11.6 Å². The highest BCUT2D eigenvalue weighted by Gasteiger charge is 2.40. The molecule has 1 aliphatic heterocycles. The fraction of sp³-hybridized carbons (Fsp3) is 0.0833. The van der Waals surface area contributed by atoms with Crippen molar-refractivity contribution in [2.75, 3.05) is 10.2 Å². The molecule has 1 N–H and O–H groups in total. The predicted molar refractivity (Wildman–Crippen MR) is 123 cm³/mol. The number of nitrogens with zero attached hydrogens (tertiary/aromatic N) is 1. The number of rotatable bonds is 5. The van der Waals surface area contributed by atoms with Crippen LogP contribution >= 0.6 is 23.4 Å². The lowest BCUT2D eigenvalue weighted by atomic mass is 10.2. The van der Waals surface area contributed by atoms with Crippen LogP contribution in [0.25, 0.3) is 0 Å². The van der Waals surface area contributed by atoms with Crippen molar-refractivity contribution in [2.24, 2.45) is 0 Å². The lowest BCUT2D eigenvalue weighted by Crippen LogP contribution is -2.32. The van der Waals surface area contributed by atoms with Crippen LogP contribution in [0.1, 0.15) is 11.1 Å². The summed E-state index contributed by atoms with van der Waals surface area (Å²) in [4.78, 5) is 29.2. The van der Waals surface area contributed by atoms with Gasteiger partial charge in [-0.3, -0.25) is 9.59 Å². The van der Waals surface area contributed by atoms with Gasteiger partial charge in [-0.05, 0) is 67.4 Å². The zero-order valence-corrected chi connectivity index (χ0v) is 18.1. The summed E-state index contributed by atoms with van der Waals surface area (Å²) in [7, 11) is 0. The number of imide groups is 1. The van der Waals surface area contributed by atoms with E-state index < -0.39 is 0 Å². The molecule has 0 saturated carbocycles. The maximum Gasteiger partial charge on any atom is 0.283 e. The molecule has 0 spiro atoms. The molecule has 0 aliphatic carbocycles. The van der Waals surface area contributed by atoms with Crippen molar-refractivity contribution in [2.45, 2.75) is 18.7 Å². The molecule has 3 aromatic rings. The molecule has 0 radical (unpaired) electrons. The number of carbonyl (C=O) groups is 2. The first-order valence-corrected chi connectivity index (χ1v) is 10.6. The van der Waals surface area contributed by atoms with Crippen LogP contribution in [0.4, 0.5) is 11.4 Å². The Balaban J connectivity index is 1.77. The van der Waals surface area contributed by atoms with E-state index in [9.17, 15) is 9.59 Å². The number of carbonyl (C=O) groups excluding carboxylic acids is 2. The predicted octanol–water partition coefficient (Wildman–Crippen LogP) is 5.95. The SMILES string of the molecule is Cc1cccc(NC2=C(Sc3ccccc3)C(=O)N(c3ccc(Cl)cc3C)C2=O)c1. The van der Waals surface area contributed by atoms with Gasteiger partial charge in [-0.2, -0.15) is 0 Å². The molecule has 0 aromatic heterocycles. The lowest BCUT2D eigenvalue weighted by Gasteiger charge is -2.18. The van der Waals surface area contributed by atoms with Crippen LogP contribution in [0.3, 0.4) is 0 Å². The Morgan fingerprint density at radius 2 is 1.63 bits per heavy atom.